The predicted octanol–water partition coefficient (Wildman–Crippen LogP) is 5.24. The molecule has 7 rings (SSSR count). The number of ether oxygens (including phenoxy) is 1. The van der Waals surface area contributed by atoms with Gasteiger partial charge in [0.1, 0.15) is 5.41 Å². The molecule has 186 valence electrons. The molecule has 0 unspecified atom stereocenters. The van der Waals surface area contributed by atoms with Crippen LogP contribution in [-0.4, -0.2) is 18.9 Å². The molecule has 0 aliphatic heterocycles. The molecule has 2 bridgehead atoms. The minimum absolute atomic E-state index is 0.240. The topological polar surface area (TPSA) is 80.7 Å². The normalized spacial score (nSPS) is 19.1. The zero-order valence-corrected chi connectivity index (χ0v) is 19.3. The van der Waals surface area contributed by atoms with Gasteiger partial charge in [-0.2, -0.15) is 17.2 Å². The summed E-state index contributed by atoms with van der Waals surface area (Å²) in [5, 5.41) is 0. The third kappa shape index (κ3) is 2.93. The number of hydrogen-bond donors (Lipinski definition) is 1. The molecule has 37 heavy (non-hydrogen) atoms. The van der Waals surface area contributed by atoms with Crippen molar-refractivity contribution in [2.75, 3.05) is 0 Å². The molecule has 5 nitrogen and oxygen atoms in total. The maximum Gasteiger partial charge on any atom is 0.331 e. The second-order valence-corrected chi connectivity index (χ2v) is 10.1. The Kier molecular flexibility index (Phi) is 4.89. The molecule has 1 N–H and O–H groups in total. The van der Waals surface area contributed by atoms with Crippen LogP contribution in [0, 0.1) is 23.3 Å². The molecule has 4 aromatic carbocycles. The molecular weight excluding hydrogens is 512 g/mol. The van der Waals surface area contributed by atoms with E-state index >= 15 is 0 Å². The number of benzene rings is 4. The monoisotopic (exact) mass is 526 g/mol. The van der Waals surface area contributed by atoms with Crippen molar-refractivity contribution < 1.29 is 40.1 Å². The van der Waals surface area contributed by atoms with Gasteiger partial charge < -0.3 is 4.74 Å². The summed E-state index contributed by atoms with van der Waals surface area (Å²) < 4.78 is 95.4. The lowest BCUT2D eigenvalue weighted by molar-refractivity contribution is -0.138. The Hall–Kier alpha value is -4.02. The van der Waals surface area contributed by atoms with Crippen LogP contribution in [0.4, 0.5) is 17.6 Å². The Balaban J connectivity index is 1.63. The molecule has 0 atom stereocenters. The first-order chi connectivity index (χ1) is 17.6. The SMILES string of the molecule is O=C(Oc1c(F)c(F)c(S(=O)(=O)O)c(F)c1F)C12c3ccccc3C(c3ccccc31)c1ccccc12. The summed E-state index contributed by atoms with van der Waals surface area (Å²) >= 11 is 0. The average molecular weight is 526 g/mol. The quantitative estimate of drug-likeness (QED) is 0.130. The van der Waals surface area contributed by atoms with Gasteiger partial charge in [0.2, 0.25) is 17.4 Å². The van der Waals surface area contributed by atoms with Gasteiger partial charge >= 0.3 is 16.1 Å². The van der Waals surface area contributed by atoms with Crippen molar-refractivity contribution in [3.8, 4) is 5.75 Å². The lowest BCUT2D eigenvalue weighted by Gasteiger charge is -2.48. The Morgan fingerprint density at radius 1 is 0.703 bits per heavy atom. The lowest BCUT2D eigenvalue weighted by Crippen LogP contribution is -2.49. The standard InChI is InChI=1S/C27H14F4O5S/c28-20-22(30)25(37(33,34)35)23(31)21(29)24(20)36-26(32)27-16-10-4-1-7-13(16)19(14-8-2-5-11-17(14)27)15-9-3-6-12-18(15)27/h1-12,19H,(H,33,34,35). The summed E-state index contributed by atoms with van der Waals surface area (Å²) in [6.45, 7) is 0. The van der Waals surface area contributed by atoms with Crippen LogP contribution in [0.2, 0.25) is 0 Å². The van der Waals surface area contributed by atoms with E-state index in [0.717, 1.165) is 16.7 Å². The molecule has 0 saturated carbocycles. The molecule has 0 radical (unpaired) electrons. The van der Waals surface area contributed by atoms with Crippen LogP contribution in [0.25, 0.3) is 0 Å². The van der Waals surface area contributed by atoms with E-state index in [9.17, 15) is 30.8 Å². The van der Waals surface area contributed by atoms with Crippen LogP contribution < -0.4 is 4.74 Å². The van der Waals surface area contributed by atoms with E-state index in [-0.39, 0.29) is 5.92 Å². The highest BCUT2D eigenvalue weighted by molar-refractivity contribution is 7.85. The molecule has 0 amide bonds. The van der Waals surface area contributed by atoms with E-state index in [1.54, 1.807) is 54.6 Å². The van der Waals surface area contributed by atoms with Gasteiger partial charge in [-0.3, -0.25) is 4.55 Å². The second kappa shape index (κ2) is 7.74. The number of carbonyl (C=O) groups excluding carboxylic acids is 1. The fourth-order valence-corrected chi connectivity index (χ4v) is 6.25. The summed E-state index contributed by atoms with van der Waals surface area (Å²) in [6, 6.07) is 20.8. The number of esters is 1. The maximum atomic E-state index is 14.9. The fourth-order valence-electron chi connectivity index (χ4n) is 5.62. The zero-order valence-electron chi connectivity index (χ0n) is 18.5. The molecule has 4 aromatic rings. The third-order valence-corrected chi connectivity index (χ3v) is 7.84. The highest BCUT2D eigenvalue weighted by atomic mass is 32.2. The van der Waals surface area contributed by atoms with Gasteiger partial charge in [0.15, 0.2) is 16.5 Å². The van der Waals surface area contributed by atoms with Crippen molar-refractivity contribution in [3.63, 3.8) is 0 Å². The van der Waals surface area contributed by atoms with Gasteiger partial charge in [0, 0.05) is 5.92 Å². The van der Waals surface area contributed by atoms with Crippen molar-refractivity contribution in [2.45, 2.75) is 16.2 Å². The van der Waals surface area contributed by atoms with E-state index in [1.165, 1.54) is 0 Å². The first-order valence-corrected chi connectivity index (χ1v) is 12.4. The largest absolute Gasteiger partial charge is 0.419 e. The van der Waals surface area contributed by atoms with E-state index in [2.05, 4.69) is 0 Å². The van der Waals surface area contributed by atoms with Gasteiger partial charge in [0.25, 0.3) is 0 Å². The van der Waals surface area contributed by atoms with Gasteiger partial charge in [0.05, 0.1) is 0 Å². The van der Waals surface area contributed by atoms with E-state index in [1.807, 2.05) is 18.2 Å². The number of carbonyl (C=O) groups is 1. The molecule has 3 aliphatic rings. The summed E-state index contributed by atoms with van der Waals surface area (Å²) in [4.78, 5) is 11.9. The lowest BCUT2D eigenvalue weighted by atomic mass is 9.53. The van der Waals surface area contributed by atoms with Crippen LogP contribution in [0.1, 0.15) is 39.3 Å². The number of hydrogen-bond acceptors (Lipinski definition) is 4. The van der Waals surface area contributed by atoms with Crippen molar-refractivity contribution in [1.29, 1.82) is 0 Å². The maximum absolute atomic E-state index is 14.9. The Morgan fingerprint density at radius 3 is 1.46 bits per heavy atom. The van der Waals surface area contributed by atoms with Crippen LogP contribution in [0.15, 0.2) is 77.7 Å². The van der Waals surface area contributed by atoms with Crippen molar-refractivity contribution >= 4 is 16.1 Å². The number of rotatable bonds is 3. The molecule has 0 heterocycles. The Morgan fingerprint density at radius 2 is 1.08 bits per heavy atom. The zero-order chi connectivity index (χ0) is 26.3. The molecule has 0 saturated heterocycles. The Labute approximate surface area is 207 Å². The second-order valence-electron chi connectivity index (χ2n) is 8.72. The predicted molar refractivity (Wildman–Crippen MR) is 122 cm³/mol. The summed E-state index contributed by atoms with van der Waals surface area (Å²) in [5.41, 5.74) is 1.90. The minimum atomic E-state index is -5.68. The summed E-state index contributed by atoms with van der Waals surface area (Å²) in [6.07, 6.45) is 0. The molecule has 3 aliphatic carbocycles. The van der Waals surface area contributed by atoms with Crippen molar-refractivity contribution in [1.82, 2.24) is 0 Å². The average Bonchev–Trinajstić information content (AvgIpc) is 2.88. The van der Waals surface area contributed by atoms with Crippen molar-refractivity contribution in [2.24, 2.45) is 0 Å². The van der Waals surface area contributed by atoms with Crippen molar-refractivity contribution in [3.05, 3.63) is 129 Å². The highest BCUT2D eigenvalue weighted by Crippen LogP contribution is 2.59. The van der Waals surface area contributed by atoms with Gasteiger partial charge in [-0.15, -0.1) is 0 Å². The van der Waals surface area contributed by atoms with Crippen LogP contribution in [0.5, 0.6) is 5.75 Å². The molecule has 0 fully saturated rings. The van der Waals surface area contributed by atoms with Crippen LogP contribution in [0.3, 0.4) is 0 Å². The summed E-state index contributed by atoms with van der Waals surface area (Å²) in [7, 11) is -5.68. The van der Waals surface area contributed by atoms with Crippen LogP contribution in [-0.2, 0) is 20.3 Å². The summed E-state index contributed by atoms with van der Waals surface area (Å²) in [5.74, 6) is -12.7. The van der Waals surface area contributed by atoms with Crippen LogP contribution >= 0.6 is 0 Å². The van der Waals surface area contributed by atoms with Gasteiger partial charge in [-0.05, 0) is 33.4 Å². The Bertz CT molecular complexity index is 1620. The minimum Gasteiger partial charge on any atom is -0.419 e. The smallest absolute Gasteiger partial charge is 0.331 e. The fraction of sp³-hybridized carbons (Fsp3) is 0.0741. The van der Waals surface area contributed by atoms with Gasteiger partial charge in [-0.25, -0.2) is 13.6 Å². The van der Waals surface area contributed by atoms with E-state index in [0.29, 0.717) is 16.7 Å². The van der Waals surface area contributed by atoms with E-state index in [4.69, 9.17) is 9.29 Å². The molecular formula is C27H14F4O5S. The first kappa shape index (κ1) is 23.4. The van der Waals surface area contributed by atoms with E-state index < -0.39 is 55.4 Å². The highest BCUT2D eigenvalue weighted by Gasteiger charge is 2.57. The molecule has 0 spiro atoms. The first-order valence-electron chi connectivity index (χ1n) is 10.9. The van der Waals surface area contributed by atoms with Gasteiger partial charge in [-0.1, -0.05) is 72.8 Å². The number of halogens is 4. The third-order valence-electron chi connectivity index (χ3n) is 6.97. The molecule has 10 heteroatoms. The molecule has 0 aromatic heterocycles.